The van der Waals surface area contributed by atoms with Crippen molar-refractivity contribution in [3.05, 3.63) is 70.8 Å². The van der Waals surface area contributed by atoms with Crippen LogP contribution in [0.3, 0.4) is 0 Å². The SMILES string of the molecule is COC(=O)c1cc(NC(=O)C2CC=CCC2c2nc3ccccc3s2)cc(C(=O)OC)c1. The third-order valence-electron chi connectivity index (χ3n) is 5.44. The van der Waals surface area contributed by atoms with E-state index in [1.165, 1.54) is 32.4 Å². The molecule has 4 rings (SSSR count). The molecule has 0 saturated carbocycles. The number of benzene rings is 2. The summed E-state index contributed by atoms with van der Waals surface area (Å²) in [6.45, 7) is 0. The van der Waals surface area contributed by atoms with Gasteiger partial charge in [0, 0.05) is 11.6 Å². The number of carbonyl (C=O) groups is 3. The predicted molar refractivity (Wildman–Crippen MR) is 122 cm³/mol. The van der Waals surface area contributed by atoms with Gasteiger partial charge in [0.05, 0.1) is 46.5 Å². The van der Waals surface area contributed by atoms with E-state index in [0.29, 0.717) is 18.5 Å². The number of allylic oxidation sites excluding steroid dienone is 2. The Morgan fingerprint density at radius 1 is 0.969 bits per heavy atom. The highest BCUT2D eigenvalue weighted by Crippen LogP contribution is 2.39. The molecule has 2 atom stereocenters. The van der Waals surface area contributed by atoms with Crippen LogP contribution in [0.2, 0.25) is 0 Å². The number of methoxy groups -OCH3 is 2. The third-order valence-corrected chi connectivity index (χ3v) is 6.61. The van der Waals surface area contributed by atoms with Gasteiger partial charge in [-0.25, -0.2) is 14.6 Å². The third kappa shape index (κ3) is 4.40. The van der Waals surface area contributed by atoms with Gasteiger partial charge < -0.3 is 14.8 Å². The van der Waals surface area contributed by atoms with Crippen LogP contribution in [0.15, 0.2) is 54.6 Å². The van der Waals surface area contributed by atoms with Crippen molar-refractivity contribution in [2.75, 3.05) is 19.5 Å². The number of aromatic nitrogens is 1. The zero-order valence-corrected chi connectivity index (χ0v) is 18.5. The molecular weight excluding hydrogens is 428 g/mol. The van der Waals surface area contributed by atoms with Crippen LogP contribution in [-0.2, 0) is 14.3 Å². The highest BCUT2D eigenvalue weighted by molar-refractivity contribution is 7.18. The van der Waals surface area contributed by atoms with E-state index in [1.807, 2.05) is 30.3 Å². The van der Waals surface area contributed by atoms with Gasteiger partial charge in [-0.3, -0.25) is 4.79 Å². The molecule has 1 amide bonds. The van der Waals surface area contributed by atoms with E-state index in [2.05, 4.69) is 11.4 Å². The van der Waals surface area contributed by atoms with Crippen LogP contribution in [0.1, 0.15) is 44.5 Å². The molecule has 1 heterocycles. The zero-order valence-electron chi connectivity index (χ0n) is 17.7. The van der Waals surface area contributed by atoms with Gasteiger partial charge in [0.25, 0.3) is 0 Å². The number of esters is 2. The molecule has 1 aliphatic carbocycles. The number of para-hydroxylation sites is 1. The van der Waals surface area contributed by atoms with E-state index >= 15 is 0 Å². The molecule has 1 N–H and O–H groups in total. The van der Waals surface area contributed by atoms with Crippen molar-refractivity contribution in [3.63, 3.8) is 0 Å². The van der Waals surface area contributed by atoms with Crippen molar-refractivity contribution in [2.45, 2.75) is 18.8 Å². The highest BCUT2D eigenvalue weighted by Gasteiger charge is 2.32. The smallest absolute Gasteiger partial charge is 0.337 e. The average molecular weight is 451 g/mol. The van der Waals surface area contributed by atoms with E-state index in [0.717, 1.165) is 15.2 Å². The van der Waals surface area contributed by atoms with Gasteiger partial charge >= 0.3 is 11.9 Å². The topological polar surface area (TPSA) is 94.6 Å². The summed E-state index contributed by atoms with van der Waals surface area (Å²) < 4.78 is 10.6. The highest BCUT2D eigenvalue weighted by atomic mass is 32.1. The monoisotopic (exact) mass is 450 g/mol. The van der Waals surface area contributed by atoms with E-state index in [1.54, 1.807) is 11.3 Å². The summed E-state index contributed by atoms with van der Waals surface area (Å²) in [6.07, 6.45) is 5.37. The van der Waals surface area contributed by atoms with Crippen molar-refractivity contribution in [2.24, 2.45) is 5.92 Å². The number of hydrogen-bond acceptors (Lipinski definition) is 7. The Morgan fingerprint density at radius 2 is 1.62 bits per heavy atom. The number of ether oxygens (including phenoxy) is 2. The van der Waals surface area contributed by atoms with E-state index in [4.69, 9.17) is 14.5 Å². The number of rotatable bonds is 5. The van der Waals surface area contributed by atoms with Crippen molar-refractivity contribution < 1.29 is 23.9 Å². The maximum Gasteiger partial charge on any atom is 0.337 e. The fourth-order valence-electron chi connectivity index (χ4n) is 3.83. The Bertz CT molecular complexity index is 1150. The summed E-state index contributed by atoms with van der Waals surface area (Å²) in [5.41, 5.74) is 1.56. The number of anilines is 1. The number of nitrogens with one attached hydrogen (secondary N) is 1. The largest absolute Gasteiger partial charge is 0.465 e. The molecule has 3 aromatic rings. The summed E-state index contributed by atoms with van der Waals surface area (Å²) >= 11 is 1.60. The lowest BCUT2D eigenvalue weighted by Gasteiger charge is -2.26. The van der Waals surface area contributed by atoms with Crippen LogP contribution >= 0.6 is 11.3 Å². The normalized spacial score (nSPS) is 17.7. The van der Waals surface area contributed by atoms with Crippen LogP contribution in [0.4, 0.5) is 5.69 Å². The van der Waals surface area contributed by atoms with Crippen LogP contribution in [0.25, 0.3) is 10.2 Å². The Morgan fingerprint density at radius 3 is 2.28 bits per heavy atom. The molecule has 0 fully saturated rings. The van der Waals surface area contributed by atoms with Crippen LogP contribution in [-0.4, -0.2) is 37.0 Å². The van der Waals surface area contributed by atoms with Crippen molar-refractivity contribution in [3.8, 4) is 0 Å². The molecule has 1 aromatic heterocycles. The first-order valence-electron chi connectivity index (χ1n) is 10.1. The second kappa shape index (κ2) is 9.32. The maximum absolute atomic E-state index is 13.3. The maximum atomic E-state index is 13.3. The molecule has 0 spiro atoms. The summed E-state index contributed by atoms with van der Waals surface area (Å²) in [5.74, 6) is -1.81. The molecule has 1 aliphatic rings. The van der Waals surface area contributed by atoms with Gasteiger partial charge in [0.15, 0.2) is 0 Å². The lowest BCUT2D eigenvalue weighted by molar-refractivity contribution is -0.120. The summed E-state index contributed by atoms with van der Waals surface area (Å²) in [5, 5.41) is 3.80. The van der Waals surface area contributed by atoms with Crippen LogP contribution < -0.4 is 5.32 Å². The molecule has 0 saturated heterocycles. The van der Waals surface area contributed by atoms with Gasteiger partial charge in [-0.1, -0.05) is 24.3 Å². The first-order valence-corrected chi connectivity index (χ1v) is 10.9. The minimum Gasteiger partial charge on any atom is -0.465 e. The van der Waals surface area contributed by atoms with Gasteiger partial charge in [-0.15, -0.1) is 11.3 Å². The second-order valence-electron chi connectivity index (χ2n) is 7.45. The molecule has 164 valence electrons. The Hall–Kier alpha value is -3.52. The number of nitrogens with zero attached hydrogens (tertiary/aromatic N) is 1. The first-order chi connectivity index (χ1) is 15.5. The van der Waals surface area contributed by atoms with Crippen molar-refractivity contribution in [1.82, 2.24) is 4.98 Å². The number of thiazole rings is 1. The standard InChI is InChI=1S/C24H22N2O5S/c1-30-23(28)14-11-15(24(29)31-2)13-16(12-14)25-21(27)17-7-3-4-8-18(17)22-26-19-9-5-6-10-20(19)32-22/h3-6,9-13,17-18H,7-8H2,1-2H3,(H,25,27). The Kier molecular flexibility index (Phi) is 6.32. The minimum atomic E-state index is -0.612. The van der Waals surface area contributed by atoms with Gasteiger partial charge in [-0.05, 0) is 43.2 Å². The van der Waals surface area contributed by atoms with E-state index in [-0.39, 0.29) is 28.9 Å². The fourth-order valence-corrected chi connectivity index (χ4v) is 4.98. The zero-order chi connectivity index (χ0) is 22.7. The van der Waals surface area contributed by atoms with Crippen LogP contribution in [0.5, 0.6) is 0 Å². The molecule has 8 heteroatoms. The fraction of sp³-hybridized carbons (Fsp3) is 0.250. The van der Waals surface area contributed by atoms with E-state index < -0.39 is 11.9 Å². The lowest BCUT2D eigenvalue weighted by atomic mass is 9.82. The molecule has 32 heavy (non-hydrogen) atoms. The average Bonchev–Trinajstić information content (AvgIpc) is 3.27. The Balaban J connectivity index is 1.62. The molecule has 0 aliphatic heterocycles. The van der Waals surface area contributed by atoms with Gasteiger partial charge in [-0.2, -0.15) is 0 Å². The van der Waals surface area contributed by atoms with E-state index in [9.17, 15) is 14.4 Å². The van der Waals surface area contributed by atoms with Crippen molar-refractivity contribution in [1.29, 1.82) is 0 Å². The first kappa shape index (κ1) is 21.7. The summed E-state index contributed by atoms with van der Waals surface area (Å²) in [7, 11) is 2.50. The quantitative estimate of drug-likeness (QED) is 0.452. The van der Waals surface area contributed by atoms with Gasteiger partial charge in [0.2, 0.25) is 5.91 Å². The molecule has 0 radical (unpaired) electrons. The molecule has 7 nitrogen and oxygen atoms in total. The number of hydrogen-bond donors (Lipinski definition) is 1. The number of amides is 1. The molecule has 0 bridgehead atoms. The van der Waals surface area contributed by atoms with Crippen molar-refractivity contribution >= 4 is 45.1 Å². The predicted octanol–water partition coefficient (Wildman–Crippen LogP) is 4.56. The minimum absolute atomic E-state index is 0.0544. The van der Waals surface area contributed by atoms with Crippen LogP contribution in [0, 0.1) is 5.92 Å². The molecule has 2 aromatic carbocycles. The lowest BCUT2D eigenvalue weighted by Crippen LogP contribution is -2.29. The second-order valence-corrected chi connectivity index (χ2v) is 8.51. The number of fused-ring (bicyclic) bond motifs is 1. The number of carbonyl (C=O) groups excluding carboxylic acids is 3. The summed E-state index contributed by atoms with van der Waals surface area (Å²) in [6, 6.07) is 12.3. The summed E-state index contributed by atoms with van der Waals surface area (Å²) in [4.78, 5) is 42.1. The Labute approximate surface area is 189 Å². The van der Waals surface area contributed by atoms with Gasteiger partial charge in [0.1, 0.15) is 0 Å². The molecular formula is C24H22N2O5S. The molecule has 2 unspecified atom stereocenters.